The molecule has 3 atom stereocenters. The zero-order valence-corrected chi connectivity index (χ0v) is 10.4. The normalized spacial score (nSPS) is 48.2. The fraction of sp³-hybridized carbons (Fsp3) is 1.00. The number of rotatable bonds is 1. The van der Waals surface area contributed by atoms with E-state index in [-0.39, 0.29) is 0 Å². The second-order valence-corrected chi connectivity index (χ2v) is 6.74. The number of fused-ring (bicyclic) bond motifs is 4. The topological polar surface area (TPSA) is 20.2 Å². The summed E-state index contributed by atoms with van der Waals surface area (Å²) >= 11 is 0. The molecule has 1 heteroatoms. The van der Waals surface area contributed by atoms with Crippen LogP contribution in [0.15, 0.2) is 0 Å². The average Bonchev–Trinajstić information content (AvgIpc) is 3.09. The molecule has 1 N–H and O–H groups in total. The summed E-state index contributed by atoms with van der Waals surface area (Å²) in [6.07, 6.45) is 13.4. The summed E-state index contributed by atoms with van der Waals surface area (Å²) in [6.45, 7) is 0.446. The predicted molar refractivity (Wildman–Crippen MR) is 66.1 cm³/mol. The van der Waals surface area contributed by atoms with E-state index in [9.17, 15) is 0 Å². The van der Waals surface area contributed by atoms with E-state index in [1.54, 1.807) is 32.1 Å². The number of aliphatic hydroxyl groups is 1. The zero-order chi connectivity index (χ0) is 11.0. The van der Waals surface area contributed by atoms with Gasteiger partial charge in [-0.2, -0.15) is 0 Å². The molecule has 0 radical (unpaired) electrons. The van der Waals surface area contributed by atoms with Crippen LogP contribution in [0.5, 0.6) is 0 Å². The molecule has 0 amide bonds. The van der Waals surface area contributed by atoms with E-state index in [0.29, 0.717) is 12.5 Å². The van der Waals surface area contributed by atoms with Crippen molar-refractivity contribution in [3.05, 3.63) is 0 Å². The Balaban J connectivity index is 0.000000104. The van der Waals surface area contributed by atoms with Crippen molar-refractivity contribution >= 4 is 0 Å². The van der Waals surface area contributed by atoms with Gasteiger partial charge in [0.05, 0.1) is 0 Å². The van der Waals surface area contributed by atoms with Crippen molar-refractivity contribution in [2.45, 2.75) is 57.8 Å². The Morgan fingerprint density at radius 3 is 1.56 bits per heavy atom. The maximum atomic E-state index is 8.89. The van der Waals surface area contributed by atoms with Gasteiger partial charge in [-0.3, -0.25) is 0 Å². The molecule has 3 unspecified atom stereocenters. The van der Waals surface area contributed by atoms with Crippen molar-refractivity contribution in [3.63, 3.8) is 0 Å². The highest BCUT2D eigenvalue weighted by Gasteiger charge is 2.38. The smallest absolute Gasteiger partial charge is 0.0462 e. The van der Waals surface area contributed by atoms with Crippen LogP contribution in [-0.4, -0.2) is 11.7 Å². The zero-order valence-electron chi connectivity index (χ0n) is 10.4. The minimum Gasteiger partial charge on any atom is -0.396 e. The van der Waals surface area contributed by atoms with Crippen molar-refractivity contribution in [1.29, 1.82) is 0 Å². The van der Waals surface area contributed by atoms with E-state index in [1.165, 1.54) is 37.5 Å². The minimum absolute atomic E-state index is 0.446. The lowest BCUT2D eigenvalue weighted by Gasteiger charge is -2.18. The fourth-order valence-electron chi connectivity index (χ4n) is 4.77. The molecular weight excluding hydrogens is 196 g/mol. The Labute approximate surface area is 99.6 Å². The highest BCUT2D eigenvalue weighted by Crippen LogP contribution is 2.47. The van der Waals surface area contributed by atoms with Crippen LogP contribution in [0.3, 0.4) is 0 Å². The maximum Gasteiger partial charge on any atom is 0.0462 e. The SMILES string of the molecule is C1CC2CCC1C2.OCC1CC2CCC1C2. The number of hydrogen-bond donors (Lipinski definition) is 1. The van der Waals surface area contributed by atoms with Crippen molar-refractivity contribution in [2.75, 3.05) is 6.61 Å². The van der Waals surface area contributed by atoms with Gasteiger partial charge in [0.15, 0.2) is 0 Å². The molecule has 4 fully saturated rings. The van der Waals surface area contributed by atoms with Crippen LogP contribution in [0.25, 0.3) is 0 Å². The molecule has 4 saturated carbocycles. The van der Waals surface area contributed by atoms with Crippen LogP contribution in [0.1, 0.15) is 57.8 Å². The van der Waals surface area contributed by atoms with E-state index < -0.39 is 0 Å². The first-order valence-corrected chi connectivity index (χ1v) is 7.46. The molecule has 4 aliphatic carbocycles. The van der Waals surface area contributed by atoms with Gasteiger partial charge >= 0.3 is 0 Å². The van der Waals surface area contributed by atoms with Gasteiger partial charge in [-0.05, 0) is 55.3 Å². The van der Waals surface area contributed by atoms with Gasteiger partial charge in [-0.1, -0.05) is 32.1 Å². The first-order valence-electron chi connectivity index (χ1n) is 7.46. The van der Waals surface area contributed by atoms with Gasteiger partial charge in [0.25, 0.3) is 0 Å². The molecule has 0 aromatic carbocycles. The maximum absolute atomic E-state index is 8.89. The molecule has 4 rings (SSSR count). The van der Waals surface area contributed by atoms with Crippen LogP contribution >= 0.6 is 0 Å². The van der Waals surface area contributed by atoms with E-state index in [4.69, 9.17) is 5.11 Å². The molecule has 4 bridgehead atoms. The van der Waals surface area contributed by atoms with Gasteiger partial charge in [-0.25, -0.2) is 0 Å². The molecule has 92 valence electrons. The second kappa shape index (κ2) is 4.68. The van der Waals surface area contributed by atoms with E-state index in [2.05, 4.69) is 0 Å². The van der Waals surface area contributed by atoms with Crippen LogP contribution in [0.2, 0.25) is 0 Å². The molecule has 4 aliphatic rings. The largest absolute Gasteiger partial charge is 0.396 e. The lowest BCUT2D eigenvalue weighted by Crippen LogP contribution is -2.13. The summed E-state index contributed by atoms with van der Waals surface area (Å²) in [4.78, 5) is 0. The minimum atomic E-state index is 0.446. The van der Waals surface area contributed by atoms with Crippen molar-refractivity contribution in [2.24, 2.45) is 29.6 Å². The van der Waals surface area contributed by atoms with Crippen LogP contribution < -0.4 is 0 Å². The molecular formula is C15H26O. The van der Waals surface area contributed by atoms with Crippen LogP contribution in [0.4, 0.5) is 0 Å². The first-order chi connectivity index (χ1) is 7.85. The van der Waals surface area contributed by atoms with E-state index in [0.717, 1.165) is 11.8 Å². The number of aliphatic hydroxyl groups excluding tert-OH is 1. The monoisotopic (exact) mass is 222 g/mol. The summed E-state index contributed by atoms with van der Waals surface area (Å²) in [5, 5.41) is 8.89. The van der Waals surface area contributed by atoms with Gasteiger partial charge < -0.3 is 5.11 Å². The van der Waals surface area contributed by atoms with E-state index >= 15 is 0 Å². The third-order valence-corrected chi connectivity index (χ3v) is 5.75. The van der Waals surface area contributed by atoms with E-state index in [1.807, 2.05) is 0 Å². The summed E-state index contributed by atoms with van der Waals surface area (Å²) in [7, 11) is 0. The van der Waals surface area contributed by atoms with Crippen molar-refractivity contribution < 1.29 is 5.11 Å². The molecule has 0 saturated heterocycles. The third kappa shape index (κ3) is 2.16. The lowest BCUT2D eigenvalue weighted by molar-refractivity contribution is 0.177. The van der Waals surface area contributed by atoms with Gasteiger partial charge in [0.2, 0.25) is 0 Å². The highest BCUT2D eigenvalue weighted by atomic mass is 16.3. The molecule has 0 aromatic heterocycles. The van der Waals surface area contributed by atoms with Gasteiger partial charge in [0.1, 0.15) is 0 Å². The fourth-order valence-corrected chi connectivity index (χ4v) is 4.77. The lowest BCUT2D eigenvalue weighted by atomic mass is 9.90. The third-order valence-electron chi connectivity index (χ3n) is 5.75. The molecule has 16 heavy (non-hydrogen) atoms. The first kappa shape index (κ1) is 11.1. The number of hydrogen-bond acceptors (Lipinski definition) is 1. The van der Waals surface area contributed by atoms with Crippen molar-refractivity contribution in [3.8, 4) is 0 Å². The molecule has 1 nitrogen and oxygen atoms in total. The van der Waals surface area contributed by atoms with Gasteiger partial charge in [-0.15, -0.1) is 0 Å². The Morgan fingerprint density at radius 2 is 1.31 bits per heavy atom. The summed E-state index contributed by atoms with van der Waals surface area (Å²) < 4.78 is 0. The highest BCUT2D eigenvalue weighted by molar-refractivity contribution is 4.89. The summed E-state index contributed by atoms with van der Waals surface area (Å²) in [6, 6.07) is 0. The standard InChI is InChI=1S/C8H14O.C7H12/c9-5-8-4-6-1-2-7(8)3-6;1-2-7-4-3-6(1)5-7/h6-9H,1-5H2;6-7H,1-5H2. The summed E-state index contributed by atoms with van der Waals surface area (Å²) in [5.74, 6) is 4.92. The average molecular weight is 222 g/mol. The molecule has 0 heterocycles. The molecule has 0 spiro atoms. The Bertz CT molecular complexity index is 220. The Kier molecular flexibility index (Phi) is 3.24. The van der Waals surface area contributed by atoms with Crippen molar-refractivity contribution in [1.82, 2.24) is 0 Å². The predicted octanol–water partition coefficient (Wildman–Crippen LogP) is 3.61. The van der Waals surface area contributed by atoms with Crippen LogP contribution in [0, 0.1) is 29.6 Å². The van der Waals surface area contributed by atoms with Crippen LogP contribution in [-0.2, 0) is 0 Å². The summed E-state index contributed by atoms with van der Waals surface area (Å²) in [5.41, 5.74) is 0. The molecule has 0 aliphatic heterocycles. The van der Waals surface area contributed by atoms with Gasteiger partial charge in [0, 0.05) is 6.61 Å². The quantitative estimate of drug-likeness (QED) is 0.718. The Morgan fingerprint density at radius 1 is 0.688 bits per heavy atom. The Hall–Kier alpha value is -0.0400. The second-order valence-electron chi connectivity index (χ2n) is 6.74. The molecule has 0 aromatic rings.